The molecule has 5 heteroatoms. The average Bonchev–Trinajstić information content (AvgIpc) is 2.59. The fourth-order valence-electron chi connectivity index (χ4n) is 2.30. The summed E-state index contributed by atoms with van der Waals surface area (Å²) in [5.74, 6) is -0.105. The first-order valence-electron chi connectivity index (χ1n) is 6.90. The lowest BCUT2D eigenvalue weighted by Gasteiger charge is -2.20. The summed E-state index contributed by atoms with van der Waals surface area (Å²) in [5, 5.41) is 3.40. The molecule has 1 heterocycles. The molecule has 2 amide bonds. The summed E-state index contributed by atoms with van der Waals surface area (Å²) in [7, 11) is 0. The van der Waals surface area contributed by atoms with E-state index in [2.05, 4.69) is 5.32 Å². The molecule has 1 fully saturated rings. The number of hydrogen-bond donors (Lipinski definition) is 1. The van der Waals surface area contributed by atoms with Gasteiger partial charge in [-0.2, -0.15) is 0 Å². The van der Waals surface area contributed by atoms with Crippen LogP contribution in [0.3, 0.4) is 0 Å². The summed E-state index contributed by atoms with van der Waals surface area (Å²) in [4.78, 5) is 25.5. The number of nitrogens with one attached hydrogen (secondary N) is 1. The Kier molecular flexibility index (Phi) is 5.01. The Bertz CT molecular complexity index is 517. The molecule has 1 aliphatic rings. The van der Waals surface area contributed by atoms with Crippen LogP contribution in [-0.4, -0.2) is 29.8 Å². The first-order valence-corrected chi connectivity index (χ1v) is 7.28. The molecule has 4 nitrogen and oxygen atoms in total. The Labute approximate surface area is 124 Å². The van der Waals surface area contributed by atoms with Crippen molar-refractivity contribution in [2.45, 2.75) is 32.6 Å². The summed E-state index contributed by atoms with van der Waals surface area (Å²) in [6.45, 7) is 2.69. The second kappa shape index (κ2) is 6.75. The first-order chi connectivity index (χ1) is 9.56. The molecule has 0 spiro atoms. The van der Waals surface area contributed by atoms with Crippen LogP contribution in [0.4, 0.5) is 5.69 Å². The van der Waals surface area contributed by atoms with Crippen LogP contribution in [0.5, 0.6) is 0 Å². The van der Waals surface area contributed by atoms with Gasteiger partial charge in [0.15, 0.2) is 0 Å². The predicted molar refractivity (Wildman–Crippen MR) is 79.9 cm³/mol. The van der Waals surface area contributed by atoms with Crippen molar-refractivity contribution in [1.82, 2.24) is 4.90 Å². The summed E-state index contributed by atoms with van der Waals surface area (Å²) in [6, 6.07) is 5.36. The van der Waals surface area contributed by atoms with Gasteiger partial charge in [-0.15, -0.1) is 0 Å². The third kappa shape index (κ3) is 3.97. The maximum atomic E-state index is 12.1. The summed E-state index contributed by atoms with van der Waals surface area (Å²) < 4.78 is 0. The van der Waals surface area contributed by atoms with E-state index in [-0.39, 0.29) is 18.4 Å². The number of rotatable bonds is 3. The van der Waals surface area contributed by atoms with E-state index in [1.54, 1.807) is 17.0 Å². The monoisotopic (exact) mass is 294 g/mol. The van der Waals surface area contributed by atoms with Gasteiger partial charge in [-0.3, -0.25) is 9.59 Å². The van der Waals surface area contributed by atoms with Crippen molar-refractivity contribution in [3.8, 4) is 0 Å². The van der Waals surface area contributed by atoms with Crippen LogP contribution in [0.1, 0.15) is 31.2 Å². The van der Waals surface area contributed by atoms with Crippen LogP contribution >= 0.6 is 11.6 Å². The number of carbonyl (C=O) groups is 2. The fraction of sp³-hybridized carbons (Fsp3) is 0.467. The van der Waals surface area contributed by atoms with Crippen LogP contribution in [0.15, 0.2) is 18.2 Å². The molecule has 108 valence electrons. The van der Waals surface area contributed by atoms with Gasteiger partial charge in [0.2, 0.25) is 11.8 Å². The SMILES string of the molecule is Cc1ccc(Cl)cc1NC(=O)CN1CCCCCC1=O. The topological polar surface area (TPSA) is 49.4 Å². The van der Waals surface area contributed by atoms with Gasteiger partial charge in [-0.05, 0) is 37.5 Å². The Morgan fingerprint density at radius 1 is 1.35 bits per heavy atom. The number of amides is 2. The molecule has 1 aliphatic heterocycles. The van der Waals surface area contributed by atoms with Crippen LogP contribution < -0.4 is 5.32 Å². The molecule has 0 aliphatic carbocycles. The minimum Gasteiger partial charge on any atom is -0.333 e. The zero-order chi connectivity index (χ0) is 14.5. The smallest absolute Gasteiger partial charge is 0.244 e. The molecule has 2 rings (SSSR count). The van der Waals surface area contributed by atoms with Crippen molar-refractivity contribution in [3.05, 3.63) is 28.8 Å². The van der Waals surface area contributed by atoms with E-state index < -0.39 is 0 Å². The van der Waals surface area contributed by atoms with Gasteiger partial charge in [-0.25, -0.2) is 0 Å². The number of aryl methyl sites for hydroxylation is 1. The van der Waals surface area contributed by atoms with Crippen molar-refractivity contribution in [2.24, 2.45) is 0 Å². The van der Waals surface area contributed by atoms with Crippen molar-refractivity contribution in [3.63, 3.8) is 0 Å². The third-order valence-electron chi connectivity index (χ3n) is 3.48. The maximum absolute atomic E-state index is 12.1. The lowest BCUT2D eigenvalue weighted by molar-refractivity contribution is -0.134. The second-order valence-corrected chi connectivity index (χ2v) is 5.57. The van der Waals surface area contributed by atoms with Crippen LogP contribution in [0, 0.1) is 6.92 Å². The number of likely N-dealkylation sites (tertiary alicyclic amines) is 1. The van der Waals surface area contributed by atoms with Gasteiger partial charge in [0.25, 0.3) is 0 Å². The van der Waals surface area contributed by atoms with Gasteiger partial charge < -0.3 is 10.2 Å². The zero-order valence-electron chi connectivity index (χ0n) is 11.6. The van der Waals surface area contributed by atoms with Crippen molar-refractivity contribution in [2.75, 3.05) is 18.4 Å². The second-order valence-electron chi connectivity index (χ2n) is 5.13. The summed E-state index contributed by atoms with van der Waals surface area (Å²) in [6.07, 6.45) is 3.49. The van der Waals surface area contributed by atoms with Crippen LogP contribution in [0.2, 0.25) is 5.02 Å². The van der Waals surface area contributed by atoms with E-state index in [1.165, 1.54) is 0 Å². The zero-order valence-corrected chi connectivity index (χ0v) is 12.4. The quantitative estimate of drug-likeness (QED) is 0.931. The summed E-state index contributed by atoms with van der Waals surface area (Å²) >= 11 is 5.92. The number of nitrogens with zero attached hydrogens (tertiary/aromatic N) is 1. The Hall–Kier alpha value is -1.55. The van der Waals surface area contributed by atoms with Gasteiger partial charge in [0, 0.05) is 23.7 Å². The highest BCUT2D eigenvalue weighted by atomic mass is 35.5. The Morgan fingerprint density at radius 2 is 2.15 bits per heavy atom. The van der Waals surface area contributed by atoms with Gasteiger partial charge in [0.1, 0.15) is 0 Å². The van der Waals surface area contributed by atoms with Crippen LogP contribution in [0.25, 0.3) is 0 Å². The summed E-state index contributed by atoms with van der Waals surface area (Å²) in [5.41, 5.74) is 1.65. The molecule has 1 N–H and O–H groups in total. The molecule has 0 atom stereocenters. The number of benzene rings is 1. The molecule has 1 aromatic rings. The highest BCUT2D eigenvalue weighted by Crippen LogP contribution is 2.20. The fourth-order valence-corrected chi connectivity index (χ4v) is 2.47. The van der Waals surface area contributed by atoms with E-state index in [9.17, 15) is 9.59 Å². The third-order valence-corrected chi connectivity index (χ3v) is 3.71. The molecule has 20 heavy (non-hydrogen) atoms. The van der Waals surface area contributed by atoms with Crippen LogP contribution in [-0.2, 0) is 9.59 Å². The minimum absolute atomic E-state index is 0.0699. The molecule has 0 unspecified atom stereocenters. The highest BCUT2D eigenvalue weighted by Gasteiger charge is 2.19. The van der Waals surface area contributed by atoms with E-state index in [0.717, 1.165) is 24.8 Å². The van der Waals surface area contributed by atoms with E-state index in [4.69, 9.17) is 11.6 Å². The average molecular weight is 295 g/mol. The maximum Gasteiger partial charge on any atom is 0.244 e. The first kappa shape index (κ1) is 14.9. The van der Waals surface area contributed by atoms with Gasteiger partial charge in [0.05, 0.1) is 6.54 Å². The van der Waals surface area contributed by atoms with E-state index in [1.807, 2.05) is 13.0 Å². The largest absolute Gasteiger partial charge is 0.333 e. The highest BCUT2D eigenvalue weighted by molar-refractivity contribution is 6.31. The minimum atomic E-state index is -0.175. The van der Waals surface area contributed by atoms with Crippen molar-refractivity contribution < 1.29 is 9.59 Å². The Morgan fingerprint density at radius 3 is 2.95 bits per heavy atom. The molecule has 1 aromatic carbocycles. The molecular weight excluding hydrogens is 276 g/mol. The molecular formula is C15H19ClN2O2. The number of halogens is 1. The van der Waals surface area contributed by atoms with Crippen molar-refractivity contribution in [1.29, 1.82) is 0 Å². The van der Waals surface area contributed by atoms with E-state index >= 15 is 0 Å². The van der Waals surface area contributed by atoms with E-state index in [0.29, 0.717) is 23.7 Å². The lowest BCUT2D eigenvalue weighted by Crippen LogP contribution is -2.37. The molecule has 0 radical (unpaired) electrons. The van der Waals surface area contributed by atoms with Gasteiger partial charge in [-0.1, -0.05) is 24.1 Å². The predicted octanol–water partition coefficient (Wildman–Crippen LogP) is 2.99. The Balaban J connectivity index is 1.97. The van der Waals surface area contributed by atoms with Crippen molar-refractivity contribution >= 4 is 29.1 Å². The lowest BCUT2D eigenvalue weighted by atomic mass is 10.2. The van der Waals surface area contributed by atoms with Gasteiger partial charge >= 0.3 is 0 Å². The molecule has 0 saturated carbocycles. The number of hydrogen-bond acceptors (Lipinski definition) is 2. The molecule has 1 saturated heterocycles. The normalized spacial score (nSPS) is 15.9. The number of carbonyl (C=O) groups excluding carboxylic acids is 2. The molecule has 0 aromatic heterocycles. The standard InChI is InChI=1S/C15H19ClN2O2/c1-11-6-7-12(16)9-13(11)17-14(19)10-18-8-4-2-3-5-15(18)20/h6-7,9H,2-5,8,10H2,1H3,(H,17,19). The molecule has 0 bridgehead atoms. The number of anilines is 1.